The summed E-state index contributed by atoms with van der Waals surface area (Å²) in [6.45, 7) is 5.58. The van der Waals surface area contributed by atoms with E-state index in [1.807, 2.05) is 18.2 Å². The maximum atomic E-state index is 12.5. The van der Waals surface area contributed by atoms with E-state index in [4.69, 9.17) is 16.3 Å². The highest BCUT2D eigenvalue weighted by Gasteiger charge is 2.26. The average Bonchev–Trinajstić information content (AvgIpc) is 2.92. The molecule has 4 nitrogen and oxygen atoms in total. The van der Waals surface area contributed by atoms with Crippen molar-refractivity contribution in [3.63, 3.8) is 0 Å². The molecule has 0 radical (unpaired) electrons. The number of aromatic nitrogens is 1. The highest BCUT2D eigenvalue weighted by molar-refractivity contribution is 6.36. The fraction of sp³-hybridized carbons (Fsp3) is 0.471. The SMILES string of the molecule is CCCCNC(=O)c1cc2c(Cl)ccc3c2n1C[C@@H](CC)O3. The molecule has 2 heterocycles. The van der Waals surface area contributed by atoms with Crippen molar-refractivity contribution >= 4 is 28.4 Å². The number of benzene rings is 1. The molecule has 0 saturated heterocycles. The Balaban J connectivity index is 2.03. The van der Waals surface area contributed by atoms with Gasteiger partial charge in [0.1, 0.15) is 17.5 Å². The summed E-state index contributed by atoms with van der Waals surface area (Å²) in [4.78, 5) is 12.5. The minimum atomic E-state index is -0.0385. The molecule has 5 heteroatoms. The Kier molecular flexibility index (Phi) is 4.30. The van der Waals surface area contributed by atoms with E-state index < -0.39 is 0 Å². The van der Waals surface area contributed by atoms with Crippen LogP contribution in [0.3, 0.4) is 0 Å². The van der Waals surface area contributed by atoms with Crippen LogP contribution in [0.5, 0.6) is 5.75 Å². The maximum absolute atomic E-state index is 12.5. The third-order valence-electron chi connectivity index (χ3n) is 4.15. The minimum absolute atomic E-state index is 0.0385. The lowest BCUT2D eigenvalue weighted by molar-refractivity contribution is 0.0937. The average molecular weight is 321 g/mol. The summed E-state index contributed by atoms with van der Waals surface area (Å²) in [5, 5.41) is 4.52. The number of nitrogens with zero attached hydrogens (tertiary/aromatic N) is 1. The number of ether oxygens (including phenoxy) is 1. The number of unbranched alkanes of at least 4 members (excludes halogenated alkanes) is 1. The molecule has 0 saturated carbocycles. The van der Waals surface area contributed by atoms with Crippen molar-refractivity contribution in [3.8, 4) is 5.75 Å². The van der Waals surface area contributed by atoms with Gasteiger partial charge in [-0.1, -0.05) is 31.9 Å². The number of hydrogen-bond acceptors (Lipinski definition) is 2. The van der Waals surface area contributed by atoms with Gasteiger partial charge >= 0.3 is 0 Å². The van der Waals surface area contributed by atoms with Crippen molar-refractivity contribution in [2.45, 2.75) is 45.8 Å². The lowest BCUT2D eigenvalue weighted by Gasteiger charge is -2.26. The van der Waals surface area contributed by atoms with Crippen LogP contribution in [0.25, 0.3) is 10.9 Å². The monoisotopic (exact) mass is 320 g/mol. The standard InChI is InChI=1S/C17H21ClN2O2/c1-3-5-8-19-17(21)14-9-12-13(18)6-7-15-16(12)20(14)10-11(4-2)22-15/h6-7,9,11H,3-5,8,10H2,1-2H3,(H,19,21)/t11-/m1/s1. The third-order valence-corrected chi connectivity index (χ3v) is 4.48. The van der Waals surface area contributed by atoms with E-state index in [1.54, 1.807) is 0 Å². The number of rotatable bonds is 5. The van der Waals surface area contributed by atoms with Gasteiger partial charge in [0.2, 0.25) is 0 Å². The molecule has 0 aliphatic carbocycles. The summed E-state index contributed by atoms with van der Waals surface area (Å²) in [7, 11) is 0. The van der Waals surface area contributed by atoms with E-state index in [9.17, 15) is 4.79 Å². The third kappa shape index (κ3) is 2.56. The maximum Gasteiger partial charge on any atom is 0.267 e. The fourth-order valence-electron chi connectivity index (χ4n) is 2.89. The van der Waals surface area contributed by atoms with E-state index in [2.05, 4.69) is 23.7 Å². The van der Waals surface area contributed by atoms with Gasteiger partial charge in [0, 0.05) is 11.9 Å². The summed E-state index contributed by atoms with van der Waals surface area (Å²) in [5.41, 5.74) is 1.60. The van der Waals surface area contributed by atoms with Crippen molar-refractivity contribution in [2.24, 2.45) is 0 Å². The van der Waals surface area contributed by atoms with Crippen LogP contribution in [0.1, 0.15) is 43.6 Å². The highest BCUT2D eigenvalue weighted by Crippen LogP contribution is 2.38. The molecular weight excluding hydrogens is 300 g/mol. The van der Waals surface area contributed by atoms with Crippen molar-refractivity contribution in [3.05, 3.63) is 28.9 Å². The van der Waals surface area contributed by atoms with Gasteiger partial charge < -0.3 is 14.6 Å². The second-order valence-electron chi connectivity index (χ2n) is 5.71. The molecule has 1 aliphatic rings. The van der Waals surface area contributed by atoms with Gasteiger partial charge in [-0.15, -0.1) is 0 Å². The first-order valence-electron chi connectivity index (χ1n) is 7.92. The van der Waals surface area contributed by atoms with Crippen LogP contribution in [0.4, 0.5) is 0 Å². The number of carbonyl (C=O) groups is 1. The lowest BCUT2D eigenvalue weighted by atomic mass is 10.2. The molecule has 1 N–H and O–H groups in total. The Morgan fingerprint density at radius 2 is 2.27 bits per heavy atom. The summed E-state index contributed by atoms with van der Waals surface area (Å²) >= 11 is 6.30. The normalized spacial score (nSPS) is 16.6. The van der Waals surface area contributed by atoms with Gasteiger partial charge in [-0.05, 0) is 31.0 Å². The molecule has 3 rings (SSSR count). The zero-order valence-corrected chi connectivity index (χ0v) is 13.7. The number of nitrogens with one attached hydrogen (secondary N) is 1. The Morgan fingerprint density at radius 3 is 3.00 bits per heavy atom. The Morgan fingerprint density at radius 1 is 1.45 bits per heavy atom. The first-order chi connectivity index (χ1) is 10.7. The smallest absolute Gasteiger partial charge is 0.267 e. The Labute approximate surface area is 135 Å². The molecule has 1 aromatic carbocycles. The van der Waals surface area contributed by atoms with Gasteiger partial charge in [0.15, 0.2) is 0 Å². The molecule has 1 amide bonds. The van der Waals surface area contributed by atoms with E-state index in [-0.39, 0.29) is 12.0 Å². The molecule has 0 fully saturated rings. The zero-order chi connectivity index (χ0) is 15.7. The van der Waals surface area contributed by atoms with E-state index in [0.717, 1.165) is 35.9 Å². The van der Waals surface area contributed by atoms with Crippen molar-refractivity contribution in [1.29, 1.82) is 0 Å². The van der Waals surface area contributed by atoms with Crippen LogP contribution in [0, 0.1) is 0 Å². The van der Waals surface area contributed by atoms with E-state index in [0.29, 0.717) is 23.8 Å². The van der Waals surface area contributed by atoms with Gasteiger partial charge in [-0.25, -0.2) is 0 Å². The molecule has 0 bridgehead atoms. The minimum Gasteiger partial charge on any atom is -0.486 e. The highest BCUT2D eigenvalue weighted by atomic mass is 35.5. The van der Waals surface area contributed by atoms with E-state index in [1.165, 1.54) is 0 Å². The Bertz CT molecular complexity index is 708. The first kappa shape index (κ1) is 15.2. The van der Waals surface area contributed by atoms with Crippen LogP contribution in [0.2, 0.25) is 5.02 Å². The molecule has 1 aromatic heterocycles. The number of hydrogen-bond donors (Lipinski definition) is 1. The van der Waals surface area contributed by atoms with Crippen LogP contribution in [0.15, 0.2) is 18.2 Å². The molecule has 22 heavy (non-hydrogen) atoms. The van der Waals surface area contributed by atoms with Crippen LogP contribution in [-0.2, 0) is 6.54 Å². The van der Waals surface area contributed by atoms with Crippen molar-refractivity contribution in [1.82, 2.24) is 9.88 Å². The van der Waals surface area contributed by atoms with Crippen LogP contribution >= 0.6 is 11.6 Å². The lowest BCUT2D eigenvalue weighted by Crippen LogP contribution is -2.31. The van der Waals surface area contributed by atoms with Crippen molar-refractivity contribution in [2.75, 3.05) is 6.54 Å². The Hall–Kier alpha value is -1.68. The quantitative estimate of drug-likeness (QED) is 0.846. The number of halogens is 1. The second-order valence-corrected chi connectivity index (χ2v) is 6.11. The summed E-state index contributed by atoms with van der Waals surface area (Å²) < 4.78 is 8.04. The second kappa shape index (κ2) is 6.21. The molecule has 118 valence electrons. The zero-order valence-electron chi connectivity index (χ0n) is 13.0. The summed E-state index contributed by atoms with van der Waals surface area (Å²) in [6, 6.07) is 5.60. The molecule has 1 atom stereocenters. The van der Waals surface area contributed by atoms with Gasteiger partial charge in [-0.3, -0.25) is 4.79 Å². The topological polar surface area (TPSA) is 43.3 Å². The van der Waals surface area contributed by atoms with Gasteiger partial charge in [0.25, 0.3) is 5.91 Å². The molecule has 0 unspecified atom stereocenters. The fourth-order valence-corrected chi connectivity index (χ4v) is 3.10. The molecule has 1 aliphatic heterocycles. The van der Waals surface area contributed by atoms with Crippen LogP contribution in [-0.4, -0.2) is 23.1 Å². The predicted molar refractivity (Wildman–Crippen MR) is 88.9 cm³/mol. The molecule has 2 aromatic rings. The summed E-state index contributed by atoms with van der Waals surface area (Å²) in [5.74, 6) is 0.772. The first-order valence-corrected chi connectivity index (χ1v) is 8.30. The predicted octanol–water partition coefficient (Wildman–Crippen LogP) is 4.00. The van der Waals surface area contributed by atoms with Gasteiger partial charge in [-0.2, -0.15) is 0 Å². The molecule has 0 spiro atoms. The largest absolute Gasteiger partial charge is 0.486 e. The number of amides is 1. The van der Waals surface area contributed by atoms with Gasteiger partial charge in [0.05, 0.1) is 17.1 Å². The molecular formula is C17H21ClN2O2. The van der Waals surface area contributed by atoms with E-state index >= 15 is 0 Å². The summed E-state index contributed by atoms with van der Waals surface area (Å²) in [6.07, 6.45) is 3.04. The van der Waals surface area contributed by atoms with Crippen molar-refractivity contribution < 1.29 is 9.53 Å². The number of carbonyl (C=O) groups excluding carboxylic acids is 1. The van der Waals surface area contributed by atoms with Crippen LogP contribution < -0.4 is 10.1 Å².